The number of aryl methyl sites for hydroxylation is 2. The zero-order chi connectivity index (χ0) is 24.9. The molecule has 0 bridgehead atoms. The Morgan fingerprint density at radius 2 is 1.71 bits per heavy atom. The highest BCUT2D eigenvalue weighted by Crippen LogP contribution is 2.32. The standard InChI is InChI=1S/C27H22FNO5S/c1-17-3-4-18(2)23(15-17)33-14-13-29-25(30)24(35-27(29)32)16-19-5-11-22(12-6-19)34-26(31)20-7-9-21(28)10-8-20/h3-12,15-16H,13-14H2,1-2H3/b24-16-. The first kappa shape index (κ1) is 24.2. The maximum Gasteiger partial charge on any atom is 0.343 e. The molecule has 0 saturated carbocycles. The third-order valence-electron chi connectivity index (χ3n) is 5.26. The number of ether oxygens (including phenoxy) is 2. The molecule has 3 aromatic carbocycles. The molecule has 0 atom stereocenters. The van der Waals surface area contributed by atoms with Crippen molar-refractivity contribution < 1.29 is 28.2 Å². The van der Waals surface area contributed by atoms with Gasteiger partial charge >= 0.3 is 5.97 Å². The fourth-order valence-corrected chi connectivity index (χ4v) is 4.20. The molecule has 1 fully saturated rings. The van der Waals surface area contributed by atoms with Gasteiger partial charge in [-0.2, -0.15) is 0 Å². The van der Waals surface area contributed by atoms with Gasteiger partial charge in [-0.15, -0.1) is 0 Å². The van der Waals surface area contributed by atoms with Crippen LogP contribution in [0.2, 0.25) is 0 Å². The summed E-state index contributed by atoms with van der Waals surface area (Å²) in [6.45, 7) is 4.25. The van der Waals surface area contributed by atoms with Crippen LogP contribution in [0.3, 0.4) is 0 Å². The number of halogens is 1. The maximum absolute atomic E-state index is 13.0. The van der Waals surface area contributed by atoms with Gasteiger partial charge in [0.1, 0.15) is 23.9 Å². The van der Waals surface area contributed by atoms with Crippen LogP contribution in [0.4, 0.5) is 9.18 Å². The molecule has 0 N–H and O–H groups in total. The maximum atomic E-state index is 13.0. The molecule has 3 aromatic rings. The van der Waals surface area contributed by atoms with Crippen LogP contribution in [-0.2, 0) is 4.79 Å². The van der Waals surface area contributed by atoms with E-state index in [1.54, 1.807) is 30.3 Å². The van der Waals surface area contributed by atoms with Crippen LogP contribution in [0.5, 0.6) is 11.5 Å². The van der Waals surface area contributed by atoms with Gasteiger partial charge in [0.2, 0.25) is 0 Å². The van der Waals surface area contributed by atoms with E-state index in [1.807, 2.05) is 32.0 Å². The molecule has 0 unspecified atom stereocenters. The number of amides is 2. The SMILES string of the molecule is Cc1ccc(C)c(OCCN2C(=O)S/C(=C\c3ccc(OC(=O)c4ccc(F)cc4)cc3)C2=O)c1. The summed E-state index contributed by atoms with van der Waals surface area (Å²) < 4.78 is 24.1. The number of thioether (sulfide) groups is 1. The Labute approximate surface area is 206 Å². The molecule has 6 nitrogen and oxygen atoms in total. The number of esters is 1. The second-order valence-corrected chi connectivity index (χ2v) is 8.91. The predicted octanol–water partition coefficient (Wildman–Crippen LogP) is 5.78. The van der Waals surface area contributed by atoms with Crippen molar-refractivity contribution in [3.8, 4) is 11.5 Å². The van der Waals surface area contributed by atoms with Crippen LogP contribution < -0.4 is 9.47 Å². The van der Waals surface area contributed by atoms with Gasteiger partial charge in [-0.25, -0.2) is 9.18 Å². The fourth-order valence-electron chi connectivity index (χ4n) is 3.34. The van der Waals surface area contributed by atoms with E-state index in [-0.39, 0.29) is 29.9 Å². The minimum absolute atomic E-state index is 0.146. The summed E-state index contributed by atoms with van der Waals surface area (Å²) in [6.07, 6.45) is 1.61. The van der Waals surface area contributed by atoms with E-state index in [1.165, 1.54) is 29.2 Å². The van der Waals surface area contributed by atoms with Gasteiger partial charge in [0.25, 0.3) is 11.1 Å². The Balaban J connectivity index is 1.35. The first-order valence-corrected chi connectivity index (χ1v) is 11.6. The molecule has 0 spiro atoms. The van der Waals surface area contributed by atoms with Crippen molar-refractivity contribution in [3.63, 3.8) is 0 Å². The first-order chi connectivity index (χ1) is 16.8. The predicted molar refractivity (Wildman–Crippen MR) is 132 cm³/mol. The monoisotopic (exact) mass is 491 g/mol. The highest BCUT2D eigenvalue weighted by atomic mass is 32.2. The molecule has 0 aromatic heterocycles. The Morgan fingerprint density at radius 3 is 2.43 bits per heavy atom. The highest BCUT2D eigenvalue weighted by molar-refractivity contribution is 8.18. The summed E-state index contributed by atoms with van der Waals surface area (Å²) in [7, 11) is 0. The molecule has 2 amide bonds. The van der Waals surface area contributed by atoms with E-state index in [0.29, 0.717) is 16.2 Å². The Hall–Kier alpha value is -3.91. The minimum Gasteiger partial charge on any atom is -0.491 e. The number of benzene rings is 3. The number of imide groups is 1. The van der Waals surface area contributed by atoms with E-state index in [4.69, 9.17) is 9.47 Å². The molecule has 8 heteroatoms. The lowest BCUT2D eigenvalue weighted by atomic mass is 10.1. The number of hydrogen-bond acceptors (Lipinski definition) is 6. The average molecular weight is 492 g/mol. The molecule has 4 rings (SSSR count). The topological polar surface area (TPSA) is 72.9 Å². The summed E-state index contributed by atoms with van der Waals surface area (Å²) in [5.74, 6) is -0.400. The summed E-state index contributed by atoms with van der Waals surface area (Å²) in [5.41, 5.74) is 2.95. The lowest BCUT2D eigenvalue weighted by Gasteiger charge is -2.14. The second-order valence-electron chi connectivity index (χ2n) is 7.92. The summed E-state index contributed by atoms with van der Waals surface area (Å²) in [4.78, 5) is 38.7. The smallest absolute Gasteiger partial charge is 0.343 e. The van der Waals surface area contributed by atoms with E-state index in [9.17, 15) is 18.8 Å². The molecule has 1 aliphatic rings. The number of rotatable bonds is 7. The Bertz CT molecular complexity index is 1300. The van der Waals surface area contributed by atoms with Crippen LogP contribution >= 0.6 is 11.8 Å². The van der Waals surface area contributed by atoms with Crippen LogP contribution in [0, 0.1) is 19.7 Å². The van der Waals surface area contributed by atoms with Crippen molar-refractivity contribution in [1.82, 2.24) is 4.90 Å². The second kappa shape index (κ2) is 10.6. The van der Waals surface area contributed by atoms with E-state index in [0.717, 1.165) is 28.6 Å². The van der Waals surface area contributed by atoms with E-state index < -0.39 is 11.8 Å². The summed E-state index contributed by atoms with van der Waals surface area (Å²) in [5, 5.41) is -0.351. The normalized spacial score (nSPS) is 14.5. The van der Waals surface area contributed by atoms with Crippen molar-refractivity contribution in [2.75, 3.05) is 13.2 Å². The molecule has 1 heterocycles. The average Bonchev–Trinajstić information content (AvgIpc) is 3.10. The first-order valence-electron chi connectivity index (χ1n) is 10.8. The lowest BCUT2D eigenvalue weighted by molar-refractivity contribution is -0.123. The zero-order valence-corrected chi connectivity index (χ0v) is 19.9. The van der Waals surface area contributed by atoms with Gasteiger partial charge in [-0.1, -0.05) is 24.3 Å². The number of carbonyl (C=O) groups excluding carboxylic acids is 3. The van der Waals surface area contributed by atoms with Crippen molar-refractivity contribution >= 4 is 35.0 Å². The van der Waals surface area contributed by atoms with Gasteiger partial charge in [0, 0.05) is 0 Å². The Kier molecular flexibility index (Phi) is 7.31. The van der Waals surface area contributed by atoms with Gasteiger partial charge in [0.15, 0.2) is 0 Å². The van der Waals surface area contributed by atoms with E-state index >= 15 is 0 Å². The highest BCUT2D eigenvalue weighted by Gasteiger charge is 2.34. The van der Waals surface area contributed by atoms with Crippen molar-refractivity contribution in [2.24, 2.45) is 0 Å². The molecular formula is C27H22FNO5S. The summed E-state index contributed by atoms with van der Waals surface area (Å²) >= 11 is 0.869. The molecule has 1 saturated heterocycles. The fraction of sp³-hybridized carbons (Fsp3) is 0.148. The van der Waals surface area contributed by atoms with Crippen LogP contribution in [0.25, 0.3) is 6.08 Å². The molecule has 178 valence electrons. The molecule has 35 heavy (non-hydrogen) atoms. The van der Waals surface area contributed by atoms with Gasteiger partial charge in [-0.3, -0.25) is 14.5 Å². The molecule has 0 aliphatic carbocycles. The molecule has 1 aliphatic heterocycles. The number of hydrogen-bond donors (Lipinski definition) is 0. The number of carbonyl (C=O) groups is 3. The van der Waals surface area contributed by atoms with Crippen LogP contribution in [0.15, 0.2) is 71.6 Å². The minimum atomic E-state index is -0.609. The van der Waals surface area contributed by atoms with Crippen molar-refractivity contribution in [3.05, 3.63) is 99.7 Å². The zero-order valence-electron chi connectivity index (χ0n) is 19.1. The number of nitrogens with zero attached hydrogens (tertiary/aromatic N) is 1. The lowest BCUT2D eigenvalue weighted by Crippen LogP contribution is -2.32. The Morgan fingerprint density at radius 1 is 1.00 bits per heavy atom. The van der Waals surface area contributed by atoms with Gasteiger partial charge in [0.05, 0.1) is 17.0 Å². The molecular weight excluding hydrogens is 469 g/mol. The summed E-state index contributed by atoms with van der Waals surface area (Å²) in [6, 6.07) is 17.4. The van der Waals surface area contributed by atoms with Gasteiger partial charge < -0.3 is 9.47 Å². The van der Waals surface area contributed by atoms with Crippen LogP contribution in [-0.4, -0.2) is 35.2 Å². The third kappa shape index (κ3) is 5.96. The molecule has 0 radical (unpaired) electrons. The van der Waals surface area contributed by atoms with Crippen molar-refractivity contribution in [2.45, 2.75) is 13.8 Å². The van der Waals surface area contributed by atoms with Gasteiger partial charge in [-0.05, 0) is 90.8 Å². The van der Waals surface area contributed by atoms with E-state index in [2.05, 4.69) is 0 Å². The van der Waals surface area contributed by atoms with Crippen LogP contribution in [0.1, 0.15) is 27.0 Å². The third-order valence-corrected chi connectivity index (χ3v) is 6.17. The largest absolute Gasteiger partial charge is 0.491 e. The van der Waals surface area contributed by atoms with Crippen molar-refractivity contribution in [1.29, 1.82) is 0 Å². The quantitative estimate of drug-likeness (QED) is 0.237.